The van der Waals surface area contributed by atoms with Gasteiger partial charge in [0.15, 0.2) is 0 Å². The number of aliphatic hydroxyl groups is 1. The molecular weight excluding hydrogens is 544 g/mol. The van der Waals surface area contributed by atoms with Crippen LogP contribution in [0.5, 0.6) is 5.75 Å². The van der Waals surface area contributed by atoms with Crippen molar-refractivity contribution in [1.82, 2.24) is 4.57 Å². The summed E-state index contributed by atoms with van der Waals surface area (Å²) in [6.45, 7) is 2.06. The number of anilines is 2. The number of sulfonamides is 1. The average Bonchev–Trinajstić information content (AvgIpc) is 3.21. The second-order valence-corrected chi connectivity index (χ2v) is 11.6. The van der Waals surface area contributed by atoms with E-state index in [1.54, 1.807) is 12.1 Å². The van der Waals surface area contributed by atoms with Crippen LogP contribution in [0, 0.1) is 11.6 Å². The third kappa shape index (κ3) is 5.52. The summed E-state index contributed by atoms with van der Waals surface area (Å²) < 4.78 is 59.6. The van der Waals surface area contributed by atoms with Crippen LogP contribution in [0.15, 0.2) is 53.5 Å². The van der Waals surface area contributed by atoms with Crippen molar-refractivity contribution < 1.29 is 31.8 Å². The normalized spacial score (nSPS) is 13.6. The van der Waals surface area contributed by atoms with E-state index in [-0.39, 0.29) is 41.8 Å². The van der Waals surface area contributed by atoms with Crippen molar-refractivity contribution in [2.24, 2.45) is 0 Å². The van der Waals surface area contributed by atoms with Crippen molar-refractivity contribution >= 4 is 38.9 Å². The Balaban J connectivity index is 1.59. The highest BCUT2D eigenvalue weighted by molar-refractivity contribution is 7.92. The first kappa shape index (κ1) is 27.6. The smallest absolute Gasteiger partial charge is 0.273 e. The number of aromatic nitrogens is 1. The quantitative estimate of drug-likeness (QED) is 0.469. The van der Waals surface area contributed by atoms with Gasteiger partial charge in [-0.1, -0.05) is 17.7 Å². The molecule has 1 amide bonds. The Bertz CT molecular complexity index is 1590. The Morgan fingerprint density at radius 2 is 1.84 bits per heavy atom. The topological polar surface area (TPSA) is 109 Å². The summed E-state index contributed by atoms with van der Waals surface area (Å²) in [5, 5.41) is 9.91. The highest BCUT2D eigenvalue weighted by Gasteiger charge is 2.39. The molecule has 0 unspecified atom stereocenters. The van der Waals surface area contributed by atoms with Crippen LogP contribution in [0.3, 0.4) is 0 Å². The fraction of sp³-hybridized carbons (Fsp3) is 0.280. The molecule has 38 heavy (non-hydrogen) atoms. The third-order valence-electron chi connectivity index (χ3n) is 5.86. The van der Waals surface area contributed by atoms with E-state index in [1.807, 2.05) is 0 Å². The summed E-state index contributed by atoms with van der Waals surface area (Å²) in [5.74, 6) is -2.18. The SMILES string of the molecule is CC(C)(O)C(=O)N1CN(S(C)(=O)=O)c2cc(Cn3ccc(OCc4ccc(F)cc4F)c(Cl)c3=O)ccc21. The van der Waals surface area contributed by atoms with E-state index in [0.29, 0.717) is 11.3 Å². The largest absolute Gasteiger partial charge is 0.487 e. The van der Waals surface area contributed by atoms with E-state index in [2.05, 4.69) is 0 Å². The lowest BCUT2D eigenvalue weighted by Gasteiger charge is -2.25. The van der Waals surface area contributed by atoms with Gasteiger partial charge in [0.2, 0.25) is 10.0 Å². The van der Waals surface area contributed by atoms with Crippen LogP contribution < -0.4 is 19.5 Å². The molecule has 1 N–H and O–H groups in total. The number of carbonyl (C=O) groups is 1. The number of fused-ring (bicyclic) bond motifs is 1. The summed E-state index contributed by atoms with van der Waals surface area (Å²) in [4.78, 5) is 26.8. The van der Waals surface area contributed by atoms with E-state index in [1.165, 1.54) is 47.7 Å². The molecule has 0 spiro atoms. The molecular formula is C25H24ClF2N3O6S. The van der Waals surface area contributed by atoms with Crippen LogP contribution in [0.2, 0.25) is 5.02 Å². The molecule has 1 aromatic heterocycles. The number of pyridine rings is 1. The standard InChI is InChI=1S/C25H24ClF2N3O6S/c1-25(2,34)24(33)30-14-31(38(3,35)36)20-10-15(4-7-19(20)30)12-29-9-8-21(22(26)23(29)32)37-13-16-5-6-17(27)11-18(16)28/h4-11,34H,12-14H2,1-3H3. The minimum absolute atomic E-state index is 0.00891. The minimum atomic E-state index is -3.77. The number of ether oxygens (including phenoxy) is 1. The fourth-order valence-corrected chi connectivity index (χ4v) is 4.98. The number of benzene rings is 2. The number of carbonyl (C=O) groups excluding carboxylic acids is 1. The van der Waals surface area contributed by atoms with E-state index in [0.717, 1.165) is 22.7 Å². The Morgan fingerprint density at radius 3 is 2.47 bits per heavy atom. The van der Waals surface area contributed by atoms with Crippen LogP contribution >= 0.6 is 11.6 Å². The number of rotatable bonds is 7. The maximum Gasteiger partial charge on any atom is 0.273 e. The zero-order valence-electron chi connectivity index (χ0n) is 20.6. The maximum absolute atomic E-state index is 13.9. The van der Waals surface area contributed by atoms with E-state index < -0.39 is 38.7 Å². The van der Waals surface area contributed by atoms with Crippen LogP contribution in [0.25, 0.3) is 0 Å². The van der Waals surface area contributed by atoms with Crippen molar-refractivity contribution in [3.8, 4) is 5.75 Å². The molecule has 202 valence electrons. The lowest BCUT2D eigenvalue weighted by molar-refractivity contribution is -0.133. The first-order valence-electron chi connectivity index (χ1n) is 11.3. The predicted octanol–water partition coefficient (Wildman–Crippen LogP) is 3.25. The molecule has 13 heteroatoms. The summed E-state index contributed by atoms with van der Waals surface area (Å²) in [6.07, 6.45) is 2.42. The lowest BCUT2D eigenvalue weighted by atomic mass is 10.1. The van der Waals surface area contributed by atoms with Crippen molar-refractivity contribution in [3.05, 3.63) is 86.8 Å². The maximum atomic E-state index is 13.9. The van der Waals surface area contributed by atoms with Crippen molar-refractivity contribution in [2.45, 2.75) is 32.6 Å². The van der Waals surface area contributed by atoms with Crippen molar-refractivity contribution in [1.29, 1.82) is 0 Å². The van der Waals surface area contributed by atoms with Gasteiger partial charge in [0, 0.05) is 17.8 Å². The van der Waals surface area contributed by atoms with Gasteiger partial charge in [-0.2, -0.15) is 0 Å². The highest BCUT2D eigenvalue weighted by Crippen LogP contribution is 2.39. The minimum Gasteiger partial charge on any atom is -0.487 e. The molecule has 0 atom stereocenters. The molecule has 3 aromatic rings. The van der Waals surface area contributed by atoms with Crippen molar-refractivity contribution in [3.63, 3.8) is 0 Å². The molecule has 0 fully saturated rings. The van der Waals surface area contributed by atoms with Crippen LogP contribution in [-0.2, 0) is 28.0 Å². The number of hydrogen-bond donors (Lipinski definition) is 1. The molecule has 0 aliphatic carbocycles. The Hall–Kier alpha value is -3.48. The van der Waals surface area contributed by atoms with Gasteiger partial charge in [-0.15, -0.1) is 0 Å². The van der Waals surface area contributed by atoms with Gasteiger partial charge in [0.05, 0.1) is 24.2 Å². The van der Waals surface area contributed by atoms with Gasteiger partial charge >= 0.3 is 0 Å². The van der Waals surface area contributed by atoms with Gasteiger partial charge in [-0.3, -0.25) is 14.5 Å². The van der Waals surface area contributed by atoms with Crippen LogP contribution in [0.4, 0.5) is 20.2 Å². The molecule has 4 rings (SSSR count). The van der Waals surface area contributed by atoms with E-state index in [4.69, 9.17) is 16.3 Å². The Labute approximate surface area is 222 Å². The Morgan fingerprint density at radius 1 is 1.13 bits per heavy atom. The number of hydrogen-bond acceptors (Lipinski definition) is 6. The third-order valence-corrected chi connectivity index (χ3v) is 7.32. The highest BCUT2D eigenvalue weighted by atomic mass is 35.5. The van der Waals surface area contributed by atoms with Gasteiger partial charge in [-0.25, -0.2) is 21.5 Å². The summed E-state index contributed by atoms with van der Waals surface area (Å²) in [6, 6.07) is 9.16. The van der Waals surface area contributed by atoms with Gasteiger partial charge < -0.3 is 14.4 Å². The van der Waals surface area contributed by atoms with Crippen molar-refractivity contribution in [2.75, 3.05) is 22.1 Å². The van der Waals surface area contributed by atoms with Crippen LogP contribution in [0.1, 0.15) is 25.0 Å². The molecule has 1 aliphatic heterocycles. The average molecular weight is 568 g/mol. The van der Waals surface area contributed by atoms with Gasteiger partial charge in [0.1, 0.15) is 41.3 Å². The number of amides is 1. The second kappa shape index (κ2) is 10.0. The zero-order chi connectivity index (χ0) is 28.0. The summed E-state index contributed by atoms with van der Waals surface area (Å²) >= 11 is 6.20. The monoisotopic (exact) mass is 567 g/mol. The molecule has 0 bridgehead atoms. The molecule has 1 aliphatic rings. The first-order valence-corrected chi connectivity index (χ1v) is 13.5. The molecule has 0 saturated heterocycles. The van der Waals surface area contributed by atoms with Gasteiger partial charge in [0.25, 0.3) is 11.5 Å². The molecule has 2 aromatic carbocycles. The molecule has 0 saturated carbocycles. The Kier molecular flexibility index (Phi) is 7.26. The zero-order valence-corrected chi connectivity index (χ0v) is 22.2. The number of halogens is 3. The first-order chi connectivity index (χ1) is 17.7. The second-order valence-electron chi connectivity index (χ2n) is 9.32. The predicted molar refractivity (Wildman–Crippen MR) is 138 cm³/mol. The summed E-state index contributed by atoms with van der Waals surface area (Å²) in [5.41, 5.74) is -1.19. The van der Waals surface area contributed by atoms with E-state index in [9.17, 15) is 31.9 Å². The fourth-order valence-electron chi connectivity index (χ4n) is 3.92. The van der Waals surface area contributed by atoms with Gasteiger partial charge in [-0.05, 0) is 49.7 Å². The lowest BCUT2D eigenvalue weighted by Crippen LogP contribution is -2.47. The molecule has 2 heterocycles. The molecule has 0 radical (unpaired) electrons. The number of nitrogens with zero attached hydrogens (tertiary/aromatic N) is 3. The van der Waals surface area contributed by atoms with Crippen LogP contribution in [-0.4, -0.2) is 42.5 Å². The molecule has 9 nitrogen and oxygen atoms in total. The van der Waals surface area contributed by atoms with E-state index >= 15 is 0 Å². The summed E-state index contributed by atoms with van der Waals surface area (Å²) in [7, 11) is -3.77.